The molecule has 1 aromatic carbocycles. The summed E-state index contributed by atoms with van der Waals surface area (Å²) in [5, 5.41) is 8.91. The molecule has 9 heteroatoms. The van der Waals surface area contributed by atoms with Gasteiger partial charge in [-0.3, -0.25) is 4.79 Å². The number of carboxylic acid groups (broad SMARTS) is 1. The van der Waals surface area contributed by atoms with E-state index in [2.05, 4.69) is 4.98 Å². The molecule has 31 heavy (non-hydrogen) atoms. The third-order valence-electron chi connectivity index (χ3n) is 4.45. The zero-order valence-corrected chi connectivity index (χ0v) is 17.5. The average molecular weight is 434 g/mol. The molecule has 2 rings (SSSR count). The van der Waals surface area contributed by atoms with Gasteiger partial charge in [0.2, 0.25) is 5.91 Å². The summed E-state index contributed by atoms with van der Waals surface area (Å²) < 4.78 is 38.3. The van der Waals surface area contributed by atoms with Gasteiger partial charge >= 0.3 is 5.97 Å². The number of hydrogen-bond acceptors (Lipinski definition) is 5. The van der Waals surface area contributed by atoms with E-state index in [-0.39, 0.29) is 23.1 Å². The van der Waals surface area contributed by atoms with Crippen LogP contribution in [0.2, 0.25) is 0 Å². The first kappa shape index (κ1) is 23.8. The molecule has 0 aliphatic rings. The molecule has 0 atom stereocenters. The molecule has 1 amide bonds. The van der Waals surface area contributed by atoms with Crippen molar-refractivity contribution in [3.63, 3.8) is 0 Å². The zero-order valence-electron chi connectivity index (χ0n) is 17.5. The predicted octanol–water partition coefficient (Wildman–Crippen LogP) is 3.67. The number of carbonyl (C=O) groups excluding carboxylic acids is 1. The number of hydrogen-bond donors (Lipinski definition) is 1. The van der Waals surface area contributed by atoms with Crippen molar-refractivity contribution in [1.29, 1.82) is 0 Å². The van der Waals surface area contributed by atoms with Crippen LogP contribution in [0.15, 0.2) is 36.5 Å². The SMILES string of the molecule is CCN(CC)C(=O)C=C(C)c1cnc(OCc2c(F)cccc2F)c(OCC(=O)O)c1. The lowest BCUT2D eigenvalue weighted by Gasteiger charge is -2.17. The number of amides is 1. The molecule has 1 heterocycles. The Bertz CT molecular complexity index is 954. The van der Waals surface area contributed by atoms with Crippen molar-refractivity contribution in [2.45, 2.75) is 27.4 Å². The Hall–Kier alpha value is -3.49. The fraction of sp³-hybridized carbons (Fsp3) is 0.318. The molecule has 0 saturated carbocycles. The van der Waals surface area contributed by atoms with Crippen LogP contribution in [-0.2, 0) is 16.2 Å². The van der Waals surface area contributed by atoms with E-state index in [1.165, 1.54) is 24.4 Å². The largest absolute Gasteiger partial charge is 0.479 e. The van der Waals surface area contributed by atoms with Gasteiger partial charge in [-0.15, -0.1) is 0 Å². The Kier molecular flexibility index (Phi) is 8.48. The molecule has 1 aromatic heterocycles. The summed E-state index contributed by atoms with van der Waals surface area (Å²) in [6, 6.07) is 4.89. The van der Waals surface area contributed by atoms with E-state index in [0.717, 1.165) is 12.1 Å². The number of likely N-dealkylation sites (N-methyl/N-ethyl adjacent to an activating group) is 1. The van der Waals surface area contributed by atoms with Crippen LogP contribution in [0.4, 0.5) is 8.78 Å². The maximum atomic E-state index is 13.8. The highest BCUT2D eigenvalue weighted by Gasteiger charge is 2.15. The van der Waals surface area contributed by atoms with Crippen LogP contribution in [-0.4, -0.2) is 46.6 Å². The van der Waals surface area contributed by atoms with Gasteiger partial charge in [-0.1, -0.05) is 6.07 Å². The number of rotatable bonds is 10. The van der Waals surface area contributed by atoms with Crippen LogP contribution in [0.3, 0.4) is 0 Å². The summed E-state index contributed by atoms with van der Waals surface area (Å²) >= 11 is 0. The van der Waals surface area contributed by atoms with Crippen LogP contribution in [0.25, 0.3) is 5.57 Å². The Morgan fingerprint density at radius 3 is 2.39 bits per heavy atom. The summed E-state index contributed by atoms with van der Waals surface area (Å²) in [6.07, 6.45) is 2.85. The van der Waals surface area contributed by atoms with E-state index in [0.29, 0.717) is 24.2 Å². The number of benzene rings is 1. The second-order valence-electron chi connectivity index (χ2n) is 6.54. The monoisotopic (exact) mass is 434 g/mol. The minimum absolute atomic E-state index is 0.0281. The molecule has 0 unspecified atom stereocenters. The molecular formula is C22H24F2N2O5. The van der Waals surface area contributed by atoms with Crippen LogP contribution < -0.4 is 9.47 Å². The number of allylic oxidation sites excluding steroid dienone is 1. The number of carbonyl (C=O) groups is 2. The summed E-state index contributed by atoms with van der Waals surface area (Å²) in [7, 11) is 0. The lowest BCUT2D eigenvalue weighted by Crippen LogP contribution is -2.28. The molecule has 0 spiro atoms. The fourth-order valence-corrected chi connectivity index (χ4v) is 2.70. The van der Waals surface area contributed by atoms with E-state index in [1.54, 1.807) is 11.8 Å². The summed E-state index contributed by atoms with van der Waals surface area (Å²) in [4.78, 5) is 28.9. The second kappa shape index (κ2) is 11.1. The Labute approximate surface area is 178 Å². The number of aromatic nitrogens is 1. The number of carboxylic acids is 1. The average Bonchev–Trinajstić information content (AvgIpc) is 2.73. The van der Waals surface area contributed by atoms with Gasteiger partial charge in [-0.05, 0) is 50.1 Å². The van der Waals surface area contributed by atoms with E-state index < -0.39 is 30.8 Å². The standard InChI is InChI=1S/C22H24F2N2O5/c1-4-26(5-2)20(27)9-14(3)15-10-19(30-13-21(28)29)22(25-11-15)31-12-16-17(23)7-6-8-18(16)24/h6-11H,4-5,12-13H2,1-3H3,(H,28,29). The van der Waals surface area contributed by atoms with Gasteiger partial charge in [-0.2, -0.15) is 0 Å². The van der Waals surface area contributed by atoms with Crippen LogP contribution in [0.1, 0.15) is 31.9 Å². The third-order valence-corrected chi connectivity index (χ3v) is 4.45. The van der Waals surface area contributed by atoms with Gasteiger partial charge in [0.05, 0.1) is 5.56 Å². The lowest BCUT2D eigenvalue weighted by molar-refractivity contribution is -0.139. The number of nitrogens with zero attached hydrogens (tertiary/aromatic N) is 2. The quantitative estimate of drug-likeness (QED) is 0.574. The number of halogens is 2. The topological polar surface area (TPSA) is 89.0 Å². The fourth-order valence-electron chi connectivity index (χ4n) is 2.70. The zero-order chi connectivity index (χ0) is 23.0. The lowest BCUT2D eigenvalue weighted by atomic mass is 10.1. The van der Waals surface area contributed by atoms with Gasteiger partial charge in [-0.25, -0.2) is 18.6 Å². The minimum atomic E-state index is -1.22. The Morgan fingerprint density at radius 2 is 1.81 bits per heavy atom. The molecule has 0 aliphatic heterocycles. The van der Waals surface area contributed by atoms with E-state index in [4.69, 9.17) is 14.6 Å². The van der Waals surface area contributed by atoms with Crippen molar-refractivity contribution in [1.82, 2.24) is 9.88 Å². The molecular weight excluding hydrogens is 410 g/mol. The molecule has 0 fully saturated rings. The van der Waals surface area contributed by atoms with Crippen LogP contribution >= 0.6 is 0 Å². The number of aliphatic carboxylic acids is 1. The Balaban J connectivity index is 2.30. The highest BCUT2D eigenvalue weighted by atomic mass is 19.1. The maximum Gasteiger partial charge on any atom is 0.341 e. The molecule has 1 N–H and O–H groups in total. The smallest absolute Gasteiger partial charge is 0.341 e. The number of ether oxygens (including phenoxy) is 2. The summed E-state index contributed by atoms with van der Waals surface area (Å²) in [6.45, 7) is 5.42. The maximum absolute atomic E-state index is 13.8. The first-order valence-electron chi connectivity index (χ1n) is 9.64. The summed E-state index contributed by atoms with van der Waals surface area (Å²) in [5.41, 5.74) is 0.792. The predicted molar refractivity (Wildman–Crippen MR) is 110 cm³/mol. The van der Waals surface area contributed by atoms with Gasteiger partial charge in [0, 0.05) is 25.4 Å². The minimum Gasteiger partial charge on any atom is -0.479 e. The van der Waals surface area contributed by atoms with Crippen molar-refractivity contribution in [3.8, 4) is 11.6 Å². The molecule has 7 nitrogen and oxygen atoms in total. The third kappa shape index (κ3) is 6.50. The molecule has 2 aromatic rings. The van der Waals surface area contributed by atoms with E-state index in [1.807, 2.05) is 13.8 Å². The highest BCUT2D eigenvalue weighted by molar-refractivity contribution is 5.94. The normalized spacial score (nSPS) is 11.2. The number of pyridine rings is 1. The van der Waals surface area contributed by atoms with Crippen molar-refractivity contribution < 1.29 is 33.0 Å². The van der Waals surface area contributed by atoms with E-state index >= 15 is 0 Å². The van der Waals surface area contributed by atoms with Crippen LogP contribution in [0.5, 0.6) is 11.6 Å². The van der Waals surface area contributed by atoms with Gasteiger partial charge < -0.3 is 19.5 Å². The van der Waals surface area contributed by atoms with Crippen molar-refractivity contribution in [2.75, 3.05) is 19.7 Å². The van der Waals surface area contributed by atoms with Crippen molar-refractivity contribution >= 4 is 17.4 Å². The second-order valence-corrected chi connectivity index (χ2v) is 6.54. The summed E-state index contributed by atoms with van der Waals surface area (Å²) in [5.74, 6) is -3.11. The first-order chi connectivity index (χ1) is 14.8. The molecule has 0 aliphatic carbocycles. The molecule has 166 valence electrons. The Morgan fingerprint density at radius 1 is 1.16 bits per heavy atom. The van der Waals surface area contributed by atoms with Crippen LogP contribution in [0, 0.1) is 11.6 Å². The van der Waals surface area contributed by atoms with Gasteiger partial charge in [0.1, 0.15) is 18.2 Å². The van der Waals surface area contributed by atoms with Crippen molar-refractivity contribution in [3.05, 3.63) is 59.3 Å². The highest BCUT2D eigenvalue weighted by Crippen LogP contribution is 2.29. The molecule has 0 bridgehead atoms. The molecule has 0 radical (unpaired) electrons. The first-order valence-corrected chi connectivity index (χ1v) is 9.64. The van der Waals surface area contributed by atoms with Gasteiger partial charge in [0.25, 0.3) is 5.88 Å². The molecule has 0 saturated heterocycles. The van der Waals surface area contributed by atoms with Gasteiger partial charge in [0.15, 0.2) is 12.4 Å². The van der Waals surface area contributed by atoms with Crippen molar-refractivity contribution in [2.24, 2.45) is 0 Å². The van der Waals surface area contributed by atoms with E-state index in [9.17, 15) is 18.4 Å².